The van der Waals surface area contributed by atoms with E-state index in [1.807, 2.05) is 0 Å². The number of carbonyl (C=O) groups is 2. The number of anilines is 3. The van der Waals surface area contributed by atoms with Gasteiger partial charge in [0.25, 0.3) is 0 Å². The Labute approximate surface area is 193 Å². The second-order valence-corrected chi connectivity index (χ2v) is 7.73. The van der Waals surface area contributed by atoms with Crippen LogP contribution in [0.5, 0.6) is 5.75 Å². The SMILES string of the molecule is Nc1c(S(=O)(=O)[O-])cc(Nc2ccccc2O)c2c1C(=O)c1ccccc1C2=O.[Na+]. The predicted octanol–water partition coefficient (Wildman–Crippen LogP) is -0.598. The van der Waals surface area contributed by atoms with Gasteiger partial charge in [-0.2, -0.15) is 0 Å². The molecule has 0 radical (unpaired) electrons. The van der Waals surface area contributed by atoms with E-state index in [0.29, 0.717) is 0 Å². The molecular formula is C20H13N2NaO6S. The molecule has 3 aromatic carbocycles. The molecule has 4 N–H and O–H groups in total. The van der Waals surface area contributed by atoms with E-state index in [2.05, 4.69) is 5.32 Å². The summed E-state index contributed by atoms with van der Waals surface area (Å²) in [7, 11) is -5.05. The summed E-state index contributed by atoms with van der Waals surface area (Å²) in [6.07, 6.45) is 0. The number of nitrogens with two attached hydrogens (primary N) is 1. The molecule has 1 aliphatic carbocycles. The maximum atomic E-state index is 13.1. The van der Waals surface area contributed by atoms with Gasteiger partial charge < -0.3 is 20.7 Å². The molecule has 0 aliphatic heterocycles. The molecule has 0 unspecified atom stereocenters. The first-order valence-electron chi connectivity index (χ1n) is 8.36. The second-order valence-electron chi connectivity index (χ2n) is 6.39. The molecule has 0 amide bonds. The Morgan fingerprint density at radius 2 is 1.40 bits per heavy atom. The quantitative estimate of drug-likeness (QED) is 0.168. The molecule has 0 saturated heterocycles. The second kappa shape index (κ2) is 7.86. The Kier molecular flexibility index (Phi) is 5.76. The van der Waals surface area contributed by atoms with E-state index < -0.39 is 32.3 Å². The molecule has 3 aromatic rings. The average molecular weight is 432 g/mol. The van der Waals surface area contributed by atoms with Gasteiger partial charge in [-0.25, -0.2) is 8.42 Å². The Morgan fingerprint density at radius 1 is 0.867 bits per heavy atom. The molecule has 30 heavy (non-hydrogen) atoms. The Morgan fingerprint density at radius 3 is 1.97 bits per heavy atom. The third-order valence-electron chi connectivity index (χ3n) is 4.64. The molecule has 0 spiro atoms. The van der Waals surface area contributed by atoms with E-state index in [4.69, 9.17) is 5.73 Å². The molecule has 1 aliphatic rings. The van der Waals surface area contributed by atoms with E-state index >= 15 is 0 Å². The summed E-state index contributed by atoms with van der Waals surface area (Å²) in [6.45, 7) is 0. The van der Waals surface area contributed by atoms with Crippen LogP contribution in [0, 0.1) is 0 Å². The molecular weight excluding hydrogens is 419 g/mol. The number of fused-ring (bicyclic) bond motifs is 2. The van der Waals surface area contributed by atoms with Gasteiger partial charge in [-0.05, 0) is 18.2 Å². The molecule has 0 bridgehead atoms. The molecule has 4 rings (SSSR count). The maximum absolute atomic E-state index is 13.1. The topological polar surface area (TPSA) is 150 Å². The molecule has 10 heteroatoms. The summed E-state index contributed by atoms with van der Waals surface area (Å²) in [6, 6.07) is 13.0. The van der Waals surface area contributed by atoms with Crippen molar-refractivity contribution in [2.24, 2.45) is 0 Å². The number of ketones is 2. The number of nitrogens with one attached hydrogen (secondary N) is 1. The van der Waals surface area contributed by atoms with Crippen LogP contribution in [0.25, 0.3) is 0 Å². The molecule has 146 valence electrons. The normalized spacial score (nSPS) is 12.6. The van der Waals surface area contributed by atoms with Gasteiger partial charge in [0.2, 0.25) is 0 Å². The number of nitrogen functional groups attached to an aromatic ring is 1. The van der Waals surface area contributed by atoms with Crippen LogP contribution in [0.15, 0.2) is 59.5 Å². The number of rotatable bonds is 3. The summed E-state index contributed by atoms with van der Waals surface area (Å²) in [4.78, 5) is 25.3. The van der Waals surface area contributed by atoms with Crippen LogP contribution in [-0.4, -0.2) is 29.6 Å². The number of benzene rings is 3. The van der Waals surface area contributed by atoms with Crippen molar-refractivity contribution in [3.05, 3.63) is 76.9 Å². The molecule has 0 aromatic heterocycles. The van der Waals surface area contributed by atoms with Crippen molar-refractivity contribution in [3.8, 4) is 5.75 Å². The Hall–Kier alpha value is -2.69. The van der Waals surface area contributed by atoms with Crippen LogP contribution >= 0.6 is 0 Å². The fourth-order valence-electron chi connectivity index (χ4n) is 3.32. The summed E-state index contributed by atoms with van der Waals surface area (Å²) >= 11 is 0. The van der Waals surface area contributed by atoms with Gasteiger partial charge in [-0.15, -0.1) is 0 Å². The first-order chi connectivity index (χ1) is 13.7. The van der Waals surface area contributed by atoms with Crippen molar-refractivity contribution in [1.82, 2.24) is 0 Å². The molecule has 0 fully saturated rings. The van der Waals surface area contributed by atoms with Crippen LogP contribution in [-0.2, 0) is 10.1 Å². The molecule has 0 heterocycles. The van der Waals surface area contributed by atoms with Gasteiger partial charge in [0.15, 0.2) is 11.6 Å². The van der Waals surface area contributed by atoms with Crippen molar-refractivity contribution in [2.75, 3.05) is 11.1 Å². The van der Waals surface area contributed by atoms with E-state index in [1.165, 1.54) is 24.3 Å². The van der Waals surface area contributed by atoms with E-state index in [1.54, 1.807) is 24.3 Å². The van der Waals surface area contributed by atoms with Crippen LogP contribution in [0.2, 0.25) is 0 Å². The Balaban J connectivity index is 0.00000256. The predicted molar refractivity (Wildman–Crippen MR) is 104 cm³/mol. The Bertz CT molecular complexity index is 1320. The van der Waals surface area contributed by atoms with Crippen LogP contribution in [0.4, 0.5) is 17.1 Å². The van der Waals surface area contributed by atoms with Crippen LogP contribution in [0.3, 0.4) is 0 Å². The average Bonchev–Trinajstić information content (AvgIpc) is 2.68. The first-order valence-corrected chi connectivity index (χ1v) is 9.76. The van der Waals surface area contributed by atoms with Crippen molar-refractivity contribution in [3.63, 3.8) is 0 Å². The fraction of sp³-hybridized carbons (Fsp3) is 0. The van der Waals surface area contributed by atoms with Gasteiger partial charge in [0.05, 0.1) is 33.1 Å². The zero-order valence-corrected chi connectivity index (χ0v) is 18.5. The summed E-state index contributed by atoms with van der Waals surface area (Å²) in [5.41, 5.74) is 4.97. The van der Waals surface area contributed by atoms with Crippen LogP contribution in [0.1, 0.15) is 31.8 Å². The molecule has 0 atom stereocenters. The van der Waals surface area contributed by atoms with Gasteiger partial charge in [-0.1, -0.05) is 36.4 Å². The van der Waals surface area contributed by atoms with Crippen LogP contribution < -0.4 is 40.6 Å². The molecule has 8 nitrogen and oxygen atoms in total. The number of hydrogen-bond donors (Lipinski definition) is 3. The number of hydrogen-bond acceptors (Lipinski definition) is 8. The minimum absolute atomic E-state index is 0. The van der Waals surface area contributed by atoms with Gasteiger partial charge in [-0.3, -0.25) is 9.59 Å². The minimum Gasteiger partial charge on any atom is -0.744 e. The maximum Gasteiger partial charge on any atom is 1.00 e. The zero-order chi connectivity index (χ0) is 20.9. The van der Waals surface area contributed by atoms with Gasteiger partial charge >= 0.3 is 29.6 Å². The largest absolute Gasteiger partial charge is 1.00 e. The third kappa shape index (κ3) is 3.51. The standard InChI is InChI=1S/C20H14N2O6S.Na/c21-18-15(29(26,27)28)9-13(22-12-7-3-4-8-14(12)23)16-17(18)20(25)11-6-2-1-5-10(11)19(16)24;/h1-9,22-23H,21H2,(H,26,27,28);/q;+1/p-1. The van der Waals surface area contributed by atoms with E-state index in [-0.39, 0.29) is 68.9 Å². The summed E-state index contributed by atoms with van der Waals surface area (Å²) < 4.78 is 35.2. The van der Waals surface area contributed by atoms with Crippen molar-refractivity contribution < 1.29 is 57.2 Å². The van der Waals surface area contributed by atoms with Crippen molar-refractivity contribution in [2.45, 2.75) is 4.90 Å². The summed E-state index contributed by atoms with van der Waals surface area (Å²) in [5.74, 6) is -1.41. The first kappa shape index (κ1) is 22.0. The van der Waals surface area contributed by atoms with Gasteiger partial charge in [0.1, 0.15) is 15.9 Å². The molecule has 0 saturated carbocycles. The van der Waals surface area contributed by atoms with E-state index in [0.717, 1.165) is 6.07 Å². The smallest absolute Gasteiger partial charge is 0.744 e. The number of para-hydroxylation sites is 2. The zero-order valence-electron chi connectivity index (χ0n) is 15.7. The number of aromatic hydroxyl groups is 1. The number of carbonyl (C=O) groups excluding carboxylic acids is 2. The van der Waals surface area contributed by atoms with E-state index in [9.17, 15) is 27.7 Å². The number of phenols is 1. The monoisotopic (exact) mass is 432 g/mol. The van der Waals surface area contributed by atoms with Gasteiger partial charge in [0, 0.05) is 11.1 Å². The third-order valence-corrected chi connectivity index (χ3v) is 5.52. The minimum atomic E-state index is -5.05. The fourth-order valence-corrected chi connectivity index (χ4v) is 3.96. The van der Waals surface area contributed by atoms with Crippen molar-refractivity contribution >= 4 is 38.7 Å². The van der Waals surface area contributed by atoms with Crippen molar-refractivity contribution in [1.29, 1.82) is 0 Å². The summed E-state index contributed by atoms with van der Waals surface area (Å²) in [5, 5.41) is 12.8. The number of phenolic OH excluding ortho intramolecular Hbond substituents is 1.